The number of alkyl halides is 1. The van der Waals surface area contributed by atoms with Gasteiger partial charge in [0.2, 0.25) is 12.6 Å². The molecule has 177 valence electrons. The van der Waals surface area contributed by atoms with E-state index in [1.165, 1.54) is 19.3 Å². The molecule has 0 heterocycles. The number of ketones is 1. The second kappa shape index (κ2) is 7.66. The SMILES string of the molecule is CCC[C@]1(C(=O)OC)CCC2C3CCC4=CC(=O)C(OC[O])=C[C@]4(C)[C@@]3(F)[C@@H](O)C[C@@]21C. The third-order valence-electron chi connectivity index (χ3n) is 9.54. The first-order valence-corrected chi connectivity index (χ1v) is 11.7. The summed E-state index contributed by atoms with van der Waals surface area (Å²) in [7, 11) is 1.40. The lowest BCUT2D eigenvalue weighted by molar-refractivity contribution is -0.212. The lowest BCUT2D eigenvalue weighted by Crippen LogP contribution is -2.68. The van der Waals surface area contributed by atoms with Gasteiger partial charge < -0.3 is 14.6 Å². The number of aliphatic hydroxyl groups is 1. The monoisotopic (exact) mass is 449 g/mol. The van der Waals surface area contributed by atoms with Crippen LogP contribution in [-0.4, -0.2) is 42.5 Å². The van der Waals surface area contributed by atoms with E-state index in [2.05, 4.69) is 0 Å². The minimum atomic E-state index is -2.03. The highest BCUT2D eigenvalue weighted by Gasteiger charge is 2.74. The van der Waals surface area contributed by atoms with Gasteiger partial charge in [-0.1, -0.05) is 25.8 Å². The molecule has 0 amide bonds. The van der Waals surface area contributed by atoms with E-state index in [0.29, 0.717) is 37.7 Å². The van der Waals surface area contributed by atoms with Gasteiger partial charge in [-0.15, -0.1) is 0 Å². The van der Waals surface area contributed by atoms with Crippen LogP contribution in [0.1, 0.15) is 65.7 Å². The number of methoxy groups -OCH3 is 1. The summed E-state index contributed by atoms with van der Waals surface area (Å²) in [6.07, 6.45) is 5.39. The number of rotatable bonds is 5. The number of ether oxygens (including phenoxy) is 2. The predicted octanol–water partition coefficient (Wildman–Crippen LogP) is 4.05. The second-order valence-electron chi connectivity index (χ2n) is 10.5. The number of carbonyl (C=O) groups excluding carboxylic acids is 2. The van der Waals surface area contributed by atoms with E-state index in [1.54, 1.807) is 6.92 Å². The first kappa shape index (κ1) is 23.4. The van der Waals surface area contributed by atoms with Crippen molar-refractivity contribution in [2.45, 2.75) is 77.5 Å². The Morgan fingerprint density at radius 3 is 2.62 bits per heavy atom. The molecule has 7 atom stereocenters. The number of hydrogen-bond acceptors (Lipinski definition) is 5. The molecule has 4 rings (SSSR count). The van der Waals surface area contributed by atoms with Crippen molar-refractivity contribution < 1.29 is 33.7 Å². The average molecular weight is 450 g/mol. The topological polar surface area (TPSA) is 92.7 Å². The molecule has 32 heavy (non-hydrogen) atoms. The van der Waals surface area contributed by atoms with Gasteiger partial charge in [-0.3, -0.25) is 9.59 Å². The van der Waals surface area contributed by atoms with Crippen molar-refractivity contribution in [1.29, 1.82) is 0 Å². The van der Waals surface area contributed by atoms with E-state index >= 15 is 4.39 Å². The summed E-state index contributed by atoms with van der Waals surface area (Å²) in [5.74, 6) is -1.43. The number of carbonyl (C=O) groups is 2. The molecule has 1 N–H and O–H groups in total. The highest BCUT2D eigenvalue weighted by molar-refractivity contribution is 6.04. The van der Waals surface area contributed by atoms with Gasteiger partial charge in [0.1, 0.15) is 0 Å². The molecule has 0 aromatic heterocycles. The van der Waals surface area contributed by atoms with E-state index in [-0.39, 0.29) is 24.1 Å². The highest BCUT2D eigenvalue weighted by Crippen LogP contribution is 2.72. The minimum absolute atomic E-state index is 0.102. The first-order chi connectivity index (χ1) is 15.1. The van der Waals surface area contributed by atoms with E-state index < -0.39 is 46.5 Å². The summed E-state index contributed by atoms with van der Waals surface area (Å²) in [5.41, 5.74) is -3.98. The van der Waals surface area contributed by atoms with Crippen LogP contribution >= 0.6 is 0 Å². The number of fused-ring (bicyclic) bond motifs is 5. The summed E-state index contributed by atoms with van der Waals surface area (Å²) >= 11 is 0. The van der Waals surface area contributed by atoms with Crippen molar-refractivity contribution >= 4 is 11.8 Å². The molecule has 4 aliphatic rings. The Kier molecular flexibility index (Phi) is 5.61. The number of allylic oxidation sites excluding steroid dienone is 3. The molecule has 0 spiro atoms. The molecule has 2 unspecified atom stereocenters. The molecule has 4 aliphatic carbocycles. The van der Waals surface area contributed by atoms with Crippen molar-refractivity contribution in [1.82, 2.24) is 0 Å². The Bertz CT molecular complexity index is 882. The van der Waals surface area contributed by atoms with Crippen LogP contribution < -0.4 is 0 Å². The summed E-state index contributed by atoms with van der Waals surface area (Å²) < 4.78 is 27.5. The van der Waals surface area contributed by atoms with E-state index in [0.717, 1.165) is 6.42 Å². The number of aliphatic hydroxyl groups excluding tert-OH is 1. The number of hydrogen-bond donors (Lipinski definition) is 1. The molecule has 0 bridgehead atoms. The Balaban J connectivity index is 1.82. The van der Waals surface area contributed by atoms with Crippen LogP contribution in [-0.2, 0) is 24.2 Å². The fourth-order valence-electron chi connectivity index (χ4n) is 8.04. The van der Waals surface area contributed by atoms with E-state index in [1.807, 2.05) is 13.8 Å². The van der Waals surface area contributed by atoms with E-state index in [4.69, 9.17) is 9.47 Å². The second-order valence-corrected chi connectivity index (χ2v) is 10.5. The zero-order chi connectivity index (χ0) is 23.5. The average Bonchev–Trinajstić information content (AvgIpc) is 3.03. The van der Waals surface area contributed by atoms with Gasteiger partial charge in [0, 0.05) is 11.3 Å². The van der Waals surface area contributed by atoms with Gasteiger partial charge in [-0.25, -0.2) is 4.39 Å². The maximum Gasteiger partial charge on any atom is 0.312 e. The van der Waals surface area contributed by atoms with Crippen LogP contribution in [0.15, 0.2) is 23.5 Å². The Labute approximate surface area is 188 Å². The maximum absolute atomic E-state index is 17.3. The molecule has 1 radical (unpaired) electrons. The lowest BCUT2D eigenvalue weighted by atomic mass is 9.43. The molecule has 3 saturated carbocycles. The quantitative estimate of drug-likeness (QED) is 0.505. The van der Waals surface area contributed by atoms with Gasteiger partial charge in [0.25, 0.3) is 0 Å². The smallest absolute Gasteiger partial charge is 0.312 e. The third-order valence-corrected chi connectivity index (χ3v) is 9.54. The zero-order valence-corrected chi connectivity index (χ0v) is 19.4. The van der Waals surface area contributed by atoms with Crippen molar-refractivity contribution in [3.63, 3.8) is 0 Å². The molecule has 0 aromatic carbocycles. The maximum atomic E-state index is 17.3. The van der Waals surface area contributed by atoms with Crippen LogP contribution in [0.2, 0.25) is 0 Å². The lowest BCUT2D eigenvalue weighted by Gasteiger charge is -2.63. The van der Waals surface area contributed by atoms with Gasteiger partial charge in [0.05, 0.1) is 18.6 Å². The molecular formula is C25H34FO6. The standard InChI is InChI=1S/C25H34FO6/c1-5-9-24(21(30)31-4)10-8-16-17-7-6-15-11-18(28)19(32-14-27)12-22(15,2)25(17,26)20(29)13-23(16,24)3/h11-12,16-17,20,29H,5-10,13-14H2,1-4H3/t16?,17?,20-,22-,23-,24+,25-/m0/s1. The van der Waals surface area contributed by atoms with Crippen molar-refractivity contribution in [2.75, 3.05) is 13.9 Å². The van der Waals surface area contributed by atoms with Gasteiger partial charge in [-0.2, -0.15) is 5.11 Å². The van der Waals surface area contributed by atoms with Crippen LogP contribution in [0.4, 0.5) is 4.39 Å². The summed E-state index contributed by atoms with van der Waals surface area (Å²) in [4.78, 5) is 25.5. The Morgan fingerprint density at radius 1 is 1.28 bits per heavy atom. The van der Waals surface area contributed by atoms with Crippen molar-refractivity contribution in [3.05, 3.63) is 23.5 Å². The fourth-order valence-corrected chi connectivity index (χ4v) is 8.04. The predicted molar refractivity (Wildman–Crippen MR) is 113 cm³/mol. The van der Waals surface area contributed by atoms with Crippen LogP contribution in [0.3, 0.4) is 0 Å². The van der Waals surface area contributed by atoms with Crippen molar-refractivity contribution in [3.8, 4) is 0 Å². The van der Waals surface area contributed by atoms with E-state index in [9.17, 15) is 19.8 Å². The molecule has 7 heteroatoms. The fraction of sp³-hybridized carbons (Fsp3) is 0.760. The Hall–Kier alpha value is -1.73. The number of halogens is 1. The summed E-state index contributed by atoms with van der Waals surface area (Å²) in [6.45, 7) is 4.83. The normalized spacial score (nSPS) is 45.2. The minimum Gasteiger partial charge on any atom is -0.469 e. The first-order valence-electron chi connectivity index (χ1n) is 11.7. The highest BCUT2D eigenvalue weighted by atomic mass is 19.1. The number of esters is 1. The molecule has 3 fully saturated rings. The van der Waals surface area contributed by atoms with Crippen LogP contribution in [0.25, 0.3) is 0 Å². The molecular weight excluding hydrogens is 415 g/mol. The van der Waals surface area contributed by atoms with Gasteiger partial charge in [-0.05, 0) is 68.9 Å². The van der Waals surface area contributed by atoms with Crippen molar-refractivity contribution in [2.24, 2.45) is 28.1 Å². The largest absolute Gasteiger partial charge is 0.469 e. The van der Waals surface area contributed by atoms with Gasteiger partial charge in [0.15, 0.2) is 11.4 Å². The zero-order valence-electron chi connectivity index (χ0n) is 19.4. The summed E-state index contributed by atoms with van der Waals surface area (Å²) in [5, 5.41) is 22.5. The Morgan fingerprint density at radius 2 is 2.00 bits per heavy atom. The summed E-state index contributed by atoms with van der Waals surface area (Å²) in [6, 6.07) is 0. The van der Waals surface area contributed by atoms with Crippen LogP contribution in [0, 0.1) is 28.1 Å². The molecule has 0 aliphatic heterocycles. The molecule has 0 aromatic rings. The third kappa shape index (κ3) is 2.70. The molecule has 6 nitrogen and oxygen atoms in total. The van der Waals surface area contributed by atoms with Crippen LogP contribution in [0.5, 0.6) is 0 Å². The van der Waals surface area contributed by atoms with Gasteiger partial charge >= 0.3 is 5.97 Å². The molecule has 0 saturated heterocycles.